The third-order valence-electron chi connectivity index (χ3n) is 10.6. The first-order valence-electron chi connectivity index (χ1n) is 18.8. The standard InChI is InChI=1S/C42H60ClN3O6/c1-12-15-27-17-21-34(47)46(39(27)51)35(36(48)40(5,6)7)38(50)45-32-24-28(16-19-31(32)43)37(49)44-23-22-26(4)52-33-20-18-29(41(8,9)13-2)25-30(33)42(10,11)14-3/h16,18-20,24-27,35H,12-15,17,21-23H2,1-11H3,(H,44,49)(H,45,50). The number of hydrogen-bond donors (Lipinski definition) is 2. The van der Waals surface area contributed by atoms with Gasteiger partial charge in [0, 0.05) is 41.8 Å². The minimum atomic E-state index is -1.67. The van der Waals surface area contributed by atoms with E-state index in [0.717, 1.165) is 29.9 Å². The highest BCUT2D eigenvalue weighted by atomic mass is 35.5. The second kappa shape index (κ2) is 17.4. The van der Waals surface area contributed by atoms with E-state index in [-0.39, 0.29) is 45.5 Å². The first kappa shape index (κ1) is 42.7. The van der Waals surface area contributed by atoms with E-state index >= 15 is 0 Å². The average molecular weight is 738 g/mol. The van der Waals surface area contributed by atoms with Gasteiger partial charge in [-0.05, 0) is 73.3 Å². The number of ether oxygens (including phenoxy) is 1. The largest absolute Gasteiger partial charge is 0.490 e. The highest BCUT2D eigenvalue weighted by molar-refractivity contribution is 6.34. The molecule has 2 aromatic rings. The van der Waals surface area contributed by atoms with Gasteiger partial charge in [-0.15, -0.1) is 0 Å². The van der Waals surface area contributed by atoms with Crippen molar-refractivity contribution >= 4 is 46.7 Å². The molecule has 1 aliphatic rings. The summed E-state index contributed by atoms with van der Waals surface area (Å²) in [6.07, 6.45) is 4.06. The summed E-state index contributed by atoms with van der Waals surface area (Å²) in [5, 5.41) is 5.70. The first-order chi connectivity index (χ1) is 24.2. The van der Waals surface area contributed by atoms with Crippen LogP contribution in [0, 0.1) is 11.3 Å². The summed E-state index contributed by atoms with van der Waals surface area (Å²) in [5.74, 6) is -2.50. The third kappa shape index (κ3) is 10.2. The summed E-state index contributed by atoms with van der Waals surface area (Å²) in [6, 6.07) is 9.26. The predicted molar refractivity (Wildman–Crippen MR) is 208 cm³/mol. The summed E-state index contributed by atoms with van der Waals surface area (Å²) in [4.78, 5) is 68.1. The monoisotopic (exact) mass is 737 g/mol. The lowest BCUT2D eigenvalue weighted by molar-refractivity contribution is -0.162. The molecule has 0 aromatic heterocycles. The van der Waals surface area contributed by atoms with E-state index in [1.165, 1.54) is 29.3 Å². The molecule has 0 bridgehead atoms. The number of amides is 4. The van der Waals surface area contributed by atoms with Crippen LogP contribution in [0.5, 0.6) is 5.75 Å². The summed E-state index contributed by atoms with van der Waals surface area (Å²) < 4.78 is 6.46. The Morgan fingerprint density at radius 2 is 1.60 bits per heavy atom. The van der Waals surface area contributed by atoms with Crippen molar-refractivity contribution in [1.82, 2.24) is 10.2 Å². The Morgan fingerprint density at radius 1 is 0.942 bits per heavy atom. The Morgan fingerprint density at radius 3 is 2.19 bits per heavy atom. The Balaban J connectivity index is 1.75. The number of likely N-dealkylation sites (tertiary alicyclic amines) is 1. The van der Waals surface area contributed by atoms with E-state index in [9.17, 15) is 24.0 Å². The molecule has 3 unspecified atom stereocenters. The summed E-state index contributed by atoms with van der Waals surface area (Å²) in [7, 11) is 0. The number of benzene rings is 2. The van der Waals surface area contributed by atoms with Crippen LogP contribution >= 0.6 is 11.6 Å². The zero-order valence-corrected chi connectivity index (χ0v) is 33.9. The second-order valence-corrected chi connectivity index (χ2v) is 16.9. The van der Waals surface area contributed by atoms with E-state index in [1.54, 1.807) is 20.8 Å². The molecule has 10 heteroatoms. The fourth-order valence-electron chi connectivity index (χ4n) is 6.22. The van der Waals surface area contributed by atoms with Gasteiger partial charge in [0.15, 0.2) is 11.8 Å². The predicted octanol–water partition coefficient (Wildman–Crippen LogP) is 8.79. The maximum Gasteiger partial charge on any atom is 0.255 e. The lowest BCUT2D eigenvalue weighted by atomic mass is 9.76. The number of anilines is 1. The lowest BCUT2D eigenvalue weighted by Gasteiger charge is -2.37. The van der Waals surface area contributed by atoms with Gasteiger partial charge in [-0.2, -0.15) is 0 Å². The van der Waals surface area contributed by atoms with E-state index in [1.807, 2.05) is 13.8 Å². The maximum absolute atomic E-state index is 13.8. The summed E-state index contributed by atoms with van der Waals surface area (Å²) in [6.45, 7) is 22.5. The van der Waals surface area contributed by atoms with Gasteiger partial charge in [-0.3, -0.25) is 28.9 Å². The van der Waals surface area contributed by atoms with Crippen molar-refractivity contribution < 1.29 is 28.7 Å². The van der Waals surface area contributed by atoms with Gasteiger partial charge in [0.05, 0.1) is 16.8 Å². The van der Waals surface area contributed by atoms with Gasteiger partial charge < -0.3 is 15.4 Å². The fourth-order valence-corrected chi connectivity index (χ4v) is 6.38. The van der Waals surface area contributed by atoms with Gasteiger partial charge >= 0.3 is 0 Å². The molecule has 0 radical (unpaired) electrons. The van der Waals surface area contributed by atoms with E-state index < -0.39 is 40.9 Å². The van der Waals surface area contributed by atoms with E-state index in [4.69, 9.17) is 16.3 Å². The topological polar surface area (TPSA) is 122 Å². The van der Waals surface area contributed by atoms with Gasteiger partial charge in [0.1, 0.15) is 5.75 Å². The number of rotatable bonds is 16. The molecule has 2 N–H and O–H groups in total. The van der Waals surface area contributed by atoms with E-state index in [2.05, 4.69) is 70.4 Å². The Hall–Kier alpha value is -3.72. The molecule has 0 saturated carbocycles. The van der Waals surface area contributed by atoms with Gasteiger partial charge in [0.2, 0.25) is 11.8 Å². The SMILES string of the molecule is CCCC1CCC(=O)N(C(C(=O)Nc2cc(C(=O)NCCC(C)Oc3ccc(C(C)(C)CC)cc3C(C)(C)CC)ccc2Cl)C(=O)C(C)(C)C)C1=O. The molecule has 2 aromatic carbocycles. The molecular weight excluding hydrogens is 678 g/mol. The maximum atomic E-state index is 13.8. The lowest BCUT2D eigenvalue weighted by Crippen LogP contribution is -2.59. The number of halogens is 1. The molecule has 9 nitrogen and oxygen atoms in total. The zero-order valence-electron chi connectivity index (χ0n) is 33.1. The number of piperidine rings is 1. The number of carbonyl (C=O) groups excluding carboxylic acids is 5. The van der Waals surface area contributed by atoms with E-state index in [0.29, 0.717) is 25.8 Å². The molecule has 4 amide bonds. The minimum Gasteiger partial charge on any atom is -0.490 e. The quantitative estimate of drug-likeness (QED) is 0.131. The van der Waals surface area contributed by atoms with Crippen LogP contribution in [-0.4, -0.2) is 53.0 Å². The Bertz CT molecular complexity index is 1640. The number of hydrogen-bond acceptors (Lipinski definition) is 6. The van der Waals surface area contributed by atoms with Crippen molar-refractivity contribution in [1.29, 1.82) is 0 Å². The molecule has 1 aliphatic heterocycles. The second-order valence-electron chi connectivity index (χ2n) is 16.5. The molecule has 3 rings (SSSR count). The highest BCUT2D eigenvalue weighted by Crippen LogP contribution is 2.39. The molecule has 52 heavy (non-hydrogen) atoms. The molecular formula is C42H60ClN3O6. The van der Waals surface area contributed by atoms with Gasteiger partial charge in [-0.1, -0.05) is 99.4 Å². The highest BCUT2D eigenvalue weighted by Gasteiger charge is 2.47. The molecule has 1 fully saturated rings. The smallest absolute Gasteiger partial charge is 0.255 e. The molecule has 0 spiro atoms. The van der Waals surface area contributed by atoms with Crippen molar-refractivity contribution in [3.8, 4) is 5.75 Å². The third-order valence-corrected chi connectivity index (χ3v) is 10.9. The van der Waals surface area contributed by atoms with Crippen molar-refractivity contribution in [3.63, 3.8) is 0 Å². The average Bonchev–Trinajstić information content (AvgIpc) is 3.08. The molecule has 3 atom stereocenters. The van der Waals surface area contributed by atoms with Crippen molar-refractivity contribution in [2.75, 3.05) is 11.9 Å². The van der Waals surface area contributed by atoms with Crippen molar-refractivity contribution in [2.45, 2.75) is 144 Å². The number of nitrogens with zero attached hydrogens (tertiary/aromatic N) is 1. The van der Waals surface area contributed by atoms with Crippen LogP contribution < -0.4 is 15.4 Å². The van der Waals surface area contributed by atoms with Crippen LogP contribution in [0.1, 0.15) is 143 Å². The zero-order chi connectivity index (χ0) is 39.2. The fraction of sp³-hybridized carbons (Fsp3) is 0.595. The minimum absolute atomic E-state index is 0.0478. The van der Waals surface area contributed by atoms with Crippen LogP contribution in [0.2, 0.25) is 5.02 Å². The number of imide groups is 1. The first-order valence-corrected chi connectivity index (χ1v) is 19.2. The van der Waals surface area contributed by atoms with Crippen molar-refractivity contribution in [2.24, 2.45) is 11.3 Å². The van der Waals surface area contributed by atoms with Gasteiger partial charge in [-0.25, -0.2) is 0 Å². The van der Waals surface area contributed by atoms with Crippen LogP contribution in [0.3, 0.4) is 0 Å². The van der Waals surface area contributed by atoms with Crippen LogP contribution in [0.15, 0.2) is 36.4 Å². The summed E-state index contributed by atoms with van der Waals surface area (Å²) in [5.41, 5.74) is 1.71. The number of carbonyl (C=O) groups is 5. The Labute approximate surface area is 316 Å². The van der Waals surface area contributed by atoms with Crippen LogP contribution in [-0.2, 0) is 30.0 Å². The Kier molecular flexibility index (Phi) is 14.3. The number of Topliss-reactive ketones (excluding diaryl/α,β-unsaturated/α-hetero) is 1. The number of nitrogens with one attached hydrogen (secondary N) is 2. The molecule has 0 aliphatic carbocycles. The van der Waals surface area contributed by atoms with Crippen molar-refractivity contribution in [3.05, 3.63) is 58.1 Å². The van der Waals surface area contributed by atoms with Crippen LogP contribution in [0.25, 0.3) is 0 Å². The molecule has 286 valence electrons. The van der Waals surface area contributed by atoms with Gasteiger partial charge in [0.25, 0.3) is 11.8 Å². The summed E-state index contributed by atoms with van der Waals surface area (Å²) >= 11 is 6.45. The number of ketones is 1. The normalized spacial score (nSPS) is 16.7. The molecule has 1 saturated heterocycles. The van der Waals surface area contributed by atoms with Crippen LogP contribution in [0.4, 0.5) is 5.69 Å². The molecule has 1 heterocycles.